The number of thioether (sulfide) groups is 1. The second-order valence-electron chi connectivity index (χ2n) is 9.24. The number of ketones is 1. The standard InChI is InChI=1S/C30H35NO6S/c1-6-36-13-14-37-30(33)27-18(2)31-23-15-21(20-9-12-25(34-3)26(17-20)35-4)16-24(32)29(23)28(27)19-7-10-22(38-5)11-8-19/h7-12,17,21,28,31H,6,13-16H2,1-5H3/t21-,28+/m0/s1. The molecule has 0 amide bonds. The van der Waals surface area contributed by atoms with Crippen LogP contribution in [0.2, 0.25) is 0 Å². The largest absolute Gasteiger partial charge is 0.493 e. The Morgan fingerprint density at radius 2 is 1.71 bits per heavy atom. The third-order valence-corrected chi connectivity index (χ3v) is 7.78. The van der Waals surface area contributed by atoms with Crippen LogP contribution in [0.3, 0.4) is 0 Å². The first kappa shape index (κ1) is 27.8. The number of esters is 1. The van der Waals surface area contributed by atoms with Gasteiger partial charge in [-0.1, -0.05) is 18.2 Å². The van der Waals surface area contributed by atoms with Crippen molar-refractivity contribution in [1.29, 1.82) is 0 Å². The van der Waals surface area contributed by atoms with Gasteiger partial charge in [-0.2, -0.15) is 0 Å². The summed E-state index contributed by atoms with van der Waals surface area (Å²) in [6.45, 7) is 4.80. The molecule has 1 aliphatic carbocycles. The third-order valence-electron chi connectivity index (χ3n) is 7.04. The zero-order valence-corrected chi connectivity index (χ0v) is 23.4. The molecule has 1 heterocycles. The highest BCUT2D eigenvalue weighted by atomic mass is 32.2. The maximum atomic E-state index is 13.8. The summed E-state index contributed by atoms with van der Waals surface area (Å²) in [5, 5.41) is 3.40. The van der Waals surface area contributed by atoms with Gasteiger partial charge in [0.1, 0.15) is 6.61 Å². The monoisotopic (exact) mass is 537 g/mol. The Bertz CT molecular complexity index is 1250. The molecule has 1 aliphatic heterocycles. The van der Waals surface area contributed by atoms with E-state index < -0.39 is 11.9 Å². The van der Waals surface area contributed by atoms with Gasteiger partial charge in [0.2, 0.25) is 0 Å². The Balaban J connectivity index is 1.71. The van der Waals surface area contributed by atoms with E-state index in [1.54, 1.807) is 26.0 Å². The molecule has 0 aromatic heterocycles. The molecule has 8 heteroatoms. The van der Waals surface area contributed by atoms with Crippen LogP contribution in [0.15, 0.2) is 69.9 Å². The maximum Gasteiger partial charge on any atom is 0.336 e. The van der Waals surface area contributed by atoms with Gasteiger partial charge >= 0.3 is 5.97 Å². The van der Waals surface area contributed by atoms with Crippen LogP contribution in [0.1, 0.15) is 49.7 Å². The number of benzene rings is 2. The highest BCUT2D eigenvalue weighted by molar-refractivity contribution is 7.98. The minimum absolute atomic E-state index is 0.0181. The molecule has 0 unspecified atom stereocenters. The molecule has 4 rings (SSSR count). The Labute approximate surface area is 228 Å². The van der Waals surface area contributed by atoms with Crippen LogP contribution in [0.5, 0.6) is 11.5 Å². The van der Waals surface area contributed by atoms with E-state index in [9.17, 15) is 9.59 Å². The minimum atomic E-state index is -0.499. The van der Waals surface area contributed by atoms with Crippen LogP contribution in [0.4, 0.5) is 0 Å². The van der Waals surface area contributed by atoms with E-state index >= 15 is 0 Å². The van der Waals surface area contributed by atoms with Crippen LogP contribution < -0.4 is 14.8 Å². The summed E-state index contributed by atoms with van der Waals surface area (Å²) < 4.78 is 21.8. The highest BCUT2D eigenvalue weighted by Gasteiger charge is 2.41. The molecule has 2 aromatic carbocycles. The SMILES string of the molecule is CCOCCOC(=O)C1=C(C)NC2=C(C(=O)C[C@@H](c3ccc(OC)c(OC)c3)C2)[C@@H]1c1ccc(SC)cc1. The predicted molar refractivity (Wildman–Crippen MR) is 148 cm³/mol. The number of dihydropyridines is 1. The Hall–Kier alpha value is -3.23. The summed E-state index contributed by atoms with van der Waals surface area (Å²) in [5.41, 5.74) is 4.56. The van der Waals surface area contributed by atoms with Crippen molar-refractivity contribution in [2.24, 2.45) is 0 Å². The number of nitrogens with one attached hydrogen (secondary N) is 1. The molecule has 2 aromatic rings. The molecule has 38 heavy (non-hydrogen) atoms. The molecule has 0 saturated heterocycles. The van der Waals surface area contributed by atoms with Gasteiger partial charge in [-0.25, -0.2) is 4.79 Å². The van der Waals surface area contributed by atoms with Gasteiger partial charge in [-0.05, 0) is 67.8 Å². The van der Waals surface area contributed by atoms with Gasteiger partial charge in [0, 0.05) is 40.8 Å². The van der Waals surface area contributed by atoms with Crippen LogP contribution >= 0.6 is 11.8 Å². The number of ether oxygens (including phenoxy) is 4. The third kappa shape index (κ3) is 5.76. The molecule has 0 radical (unpaired) electrons. The number of Topliss-reactive ketones (excluding diaryl/α,β-unsaturated/α-hetero) is 1. The van der Waals surface area contributed by atoms with Crippen molar-refractivity contribution in [2.75, 3.05) is 40.3 Å². The van der Waals surface area contributed by atoms with E-state index in [0.29, 0.717) is 54.4 Å². The quantitative estimate of drug-likeness (QED) is 0.246. The fraction of sp³-hybridized carbons (Fsp3) is 0.400. The van der Waals surface area contributed by atoms with Crippen molar-refractivity contribution in [3.05, 3.63) is 76.1 Å². The second-order valence-corrected chi connectivity index (χ2v) is 10.1. The van der Waals surface area contributed by atoms with Crippen molar-refractivity contribution < 1.29 is 28.5 Å². The fourth-order valence-corrected chi connectivity index (χ4v) is 5.61. The number of carbonyl (C=O) groups excluding carboxylic acids is 2. The summed E-state index contributed by atoms with van der Waals surface area (Å²) in [6, 6.07) is 13.8. The molecule has 202 valence electrons. The van der Waals surface area contributed by atoms with Crippen LogP contribution in [0, 0.1) is 0 Å². The predicted octanol–water partition coefficient (Wildman–Crippen LogP) is 5.37. The molecular formula is C30H35NO6S. The number of hydrogen-bond acceptors (Lipinski definition) is 8. The average Bonchev–Trinajstić information content (AvgIpc) is 2.94. The van der Waals surface area contributed by atoms with Crippen molar-refractivity contribution in [3.63, 3.8) is 0 Å². The molecule has 2 atom stereocenters. The number of rotatable bonds is 10. The minimum Gasteiger partial charge on any atom is -0.493 e. The summed E-state index contributed by atoms with van der Waals surface area (Å²) >= 11 is 1.65. The lowest BCUT2D eigenvalue weighted by Gasteiger charge is -2.36. The summed E-state index contributed by atoms with van der Waals surface area (Å²) in [5.74, 6) is 0.337. The second kappa shape index (κ2) is 12.5. The fourth-order valence-electron chi connectivity index (χ4n) is 5.20. The van der Waals surface area contributed by atoms with Crippen LogP contribution in [-0.4, -0.2) is 52.0 Å². The lowest BCUT2D eigenvalue weighted by atomic mass is 9.71. The summed E-state index contributed by atoms with van der Waals surface area (Å²) in [7, 11) is 3.21. The van der Waals surface area contributed by atoms with Crippen molar-refractivity contribution >= 4 is 23.5 Å². The molecule has 7 nitrogen and oxygen atoms in total. The average molecular weight is 538 g/mol. The topological polar surface area (TPSA) is 83.1 Å². The first-order chi connectivity index (χ1) is 18.4. The molecule has 1 N–H and O–H groups in total. The highest BCUT2D eigenvalue weighted by Crippen LogP contribution is 2.46. The first-order valence-electron chi connectivity index (χ1n) is 12.8. The van der Waals surface area contributed by atoms with Gasteiger partial charge in [0.05, 0.1) is 26.4 Å². The van der Waals surface area contributed by atoms with Crippen molar-refractivity contribution in [3.8, 4) is 11.5 Å². The lowest BCUT2D eigenvalue weighted by Crippen LogP contribution is -2.36. The first-order valence-corrected chi connectivity index (χ1v) is 14.0. The Morgan fingerprint density at radius 1 is 1.00 bits per heavy atom. The van der Waals surface area contributed by atoms with Crippen LogP contribution in [-0.2, 0) is 19.1 Å². The lowest BCUT2D eigenvalue weighted by molar-refractivity contribution is -0.140. The molecule has 0 bridgehead atoms. The normalized spacial score (nSPS) is 19.1. The zero-order chi connectivity index (χ0) is 27.2. The van der Waals surface area contributed by atoms with Crippen LogP contribution in [0.25, 0.3) is 0 Å². The number of allylic oxidation sites excluding steroid dienone is 3. The Morgan fingerprint density at radius 3 is 2.37 bits per heavy atom. The van der Waals surface area contributed by atoms with Crippen molar-refractivity contribution in [2.45, 2.75) is 43.4 Å². The smallest absolute Gasteiger partial charge is 0.336 e. The van der Waals surface area contributed by atoms with E-state index in [1.807, 2.05) is 62.6 Å². The maximum absolute atomic E-state index is 13.8. The van der Waals surface area contributed by atoms with E-state index in [0.717, 1.165) is 21.7 Å². The number of carbonyl (C=O) groups is 2. The van der Waals surface area contributed by atoms with Gasteiger partial charge in [0.25, 0.3) is 0 Å². The van der Waals surface area contributed by atoms with E-state index in [2.05, 4.69) is 5.32 Å². The van der Waals surface area contributed by atoms with Gasteiger partial charge in [0.15, 0.2) is 17.3 Å². The molecule has 0 saturated carbocycles. The van der Waals surface area contributed by atoms with Gasteiger partial charge < -0.3 is 24.3 Å². The van der Waals surface area contributed by atoms with E-state index in [4.69, 9.17) is 18.9 Å². The molecule has 0 spiro atoms. The van der Waals surface area contributed by atoms with E-state index in [-0.39, 0.29) is 18.3 Å². The zero-order valence-electron chi connectivity index (χ0n) is 22.6. The number of hydrogen-bond donors (Lipinski definition) is 1. The van der Waals surface area contributed by atoms with Crippen molar-refractivity contribution in [1.82, 2.24) is 5.32 Å². The van der Waals surface area contributed by atoms with Gasteiger partial charge in [-0.3, -0.25) is 4.79 Å². The van der Waals surface area contributed by atoms with E-state index in [1.165, 1.54) is 0 Å². The number of methoxy groups -OCH3 is 2. The molecular weight excluding hydrogens is 502 g/mol. The Kier molecular flexibility index (Phi) is 9.17. The molecule has 0 fully saturated rings. The molecule has 2 aliphatic rings. The summed E-state index contributed by atoms with van der Waals surface area (Å²) in [6.07, 6.45) is 2.99. The summed E-state index contributed by atoms with van der Waals surface area (Å²) in [4.78, 5) is 28.3. The van der Waals surface area contributed by atoms with Gasteiger partial charge in [-0.15, -0.1) is 11.8 Å².